The van der Waals surface area contributed by atoms with Gasteiger partial charge in [-0.05, 0) is 32.0 Å². The second kappa shape index (κ2) is 11.7. The van der Waals surface area contributed by atoms with Crippen molar-refractivity contribution in [3.63, 3.8) is 0 Å². The molecule has 2 saturated heterocycles. The molecular weight excluding hydrogens is 443 g/mol. The number of rotatable bonds is 10. The van der Waals surface area contributed by atoms with Gasteiger partial charge in [0.1, 0.15) is 5.54 Å². The molecule has 4 unspecified atom stereocenters. The van der Waals surface area contributed by atoms with Crippen LogP contribution in [-0.2, 0) is 19.1 Å². The number of nitrogens with zero attached hydrogens (tertiary/aromatic N) is 1. The van der Waals surface area contributed by atoms with Crippen LogP contribution in [0.4, 0.5) is 4.79 Å². The topological polar surface area (TPSA) is 146 Å². The summed E-state index contributed by atoms with van der Waals surface area (Å²) in [5.41, 5.74) is -1.16. The number of carboxylic acid groups (broad SMARTS) is 1. The Bertz CT molecular complexity index is 730. The van der Waals surface area contributed by atoms with Gasteiger partial charge in [0, 0.05) is 24.9 Å². The van der Waals surface area contributed by atoms with Crippen LogP contribution in [0.5, 0.6) is 0 Å². The lowest BCUT2D eigenvalue weighted by Crippen LogP contribution is -2.52. The summed E-state index contributed by atoms with van der Waals surface area (Å²) in [6.45, 7) is 4.37. The fourth-order valence-corrected chi connectivity index (χ4v) is 5.68. The molecule has 3 fully saturated rings. The van der Waals surface area contributed by atoms with E-state index in [1.807, 2.05) is 13.8 Å². The van der Waals surface area contributed by atoms with Crippen molar-refractivity contribution in [2.45, 2.75) is 95.8 Å². The minimum absolute atomic E-state index is 0.146. The summed E-state index contributed by atoms with van der Waals surface area (Å²) in [6.07, 6.45) is 5.24. The molecule has 1 aliphatic carbocycles. The fourth-order valence-electron chi connectivity index (χ4n) is 5.68. The number of fused-ring (bicyclic) bond motifs is 1. The summed E-state index contributed by atoms with van der Waals surface area (Å²) in [5, 5.41) is 31.2. The fraction of sp³-hybridized carbons (Fsp3) is 0.870. The molecule has 0 radical (unpaired) electrons. The van der Waals surface area contributed by atoms with Crippen molar-refractivity contribution in [2.24, 2.45) is 17.8 Å². The first-order valence-electron chi connectivity index (χ1n) is 12.7. The average Bonchev–Trinajstić information content (AvgIpc) is 3.38. The van der Waals surface area contributed by atoms with Gasteiger partial charge < -0.3 is 29.5 Å². The SMILES string of the molecule is CC(C)C(OC(=O)C1CCCCC1)OC(=O)N1CCC2C1CNC2(CCCCB(O)O)C(=O)O. The normalized spacial score (nSPS) is 28.0. The maximum Gasteiger partial charge on any atom is 0.451 e. The quantitative estimate of drug-likeness (QED) is 0.159. The molecule has 2 heterocycles. The van der Waals surface area contributed by atoms with E-state index in [0.717, 1.165) is 32.1 Å². The van der Waals surface area contributed by atoms with Crippen LogP contribution in [0.1, 0.15) is 71.6 Å². The minimum Gasteiger partial charge on any atom is -0.480 e. The summed E-state index contributed by atoms with van der Waals surface area (Å²) in [4.78, 5) is 39.5. The highest BCUT2D eigenvalue weighted by atomic mass is 16.7. The van der Waals surface area contributed by atoms with Crippen molar-refractivity contribution in [3.8, 4) is 0 Å². The Morgan fingerprint density at radius 3 is 2.41 bits per heavy atom. The predicted molar refractivity (Wildman–Crippen MR) is 124 cm³/mol. The standard InChI is InChI=1S/C23H39BN2O8/c1-15(2)20(33-19(27)16-8-4-3-5-9-16)34-22(30)26-13-10-17-18(26)14-25-23(17,21(28)29)11-6-7-12-24(31)32/h15-18,20,25,31-32H,3-14H2,1-2H3,(H,28,29). The third-order valence-corrected chi connectivity index (χ3v) is 7.64. The minimum atomic E-state index is -1.40. The molecule has 1 amide bonds. The molecule has 4 N–H and O–H groups in total. The molecule has 0 aromatic rings. The first-order chi connectivity index (χ1) is 16.2. The number of likely N-dealkylation sites (tertiary alicyclic amines) is 1. The van der Waals surface area contributed by atoms with E-state index in [-0.39, 0.29) is 36.1 Å². The van der Waals surface area contributed by atoms with Crippen molar-refractivity contribution in [2.75, 3.05) is 13.1 Å². The summed E-state index contributed by atoms with van der Waals surface area (Å²) in [7, 11) is -1.40. The van der Waals surface area contributed by atoms with Crippen LogP contribution in [0.3, 0.4) is 0 Å². The number of amides is 1. The van der Waals surface area contributed by atoms with E-state index in [2.05, 4.69) is 5.32 Å². The third kappa shape index (κ3) is 6.04. The molecule has 1 saturated carbocycles. The molecule has 192 valence electrons. The molecular formula is C23H39BN2O8. The van der Waals surface area contributed by atoms with Crippen LogP contribution in [0, 0.1) is 17.8 Å². The highest BCUT2D eigenvalue weighted by molar-refractivity contribution is 6.40. The number of hydrogen-bond donors (Lipinski definition) is 4. The number of unbranched alkanes of at least 4 members (excludes halogenated alkanes) is 1. The number of carbonyl (C=O) groups excluding carboxylic acids is 2. The highest BCUT2D eigenvalue weighted by Gasteiger charge is 2.58. The van der Waals surface area contributed by atoms with E-state index >= 15 is 0 Å². The summed E-state index contributed by atoms with van der Waals surface area (Å²) in [5.74, 6) is -1.91. The zero-order valence-electron chi connectivity index (χ0n) is 20.3. The molecule has 10 nitrogen and oxygen atoms in total. The van der Waals surface area contributed by atoms with Crippen LogP contribution in [0.2, 0.25) is 6.32 Å². The second-order valence-corrected chi connectivity index (χ2v) is 10.3. The van der Waals surface area contributed by atoms with E-state index in [0.29, 0.717) is 38.8 Å². The van der Waals surface area contributed by atoms with Gasteiger partial charge in [0.05, 0.1) is 12.0 Å². The van der Waals surface area contributed by atoms with E-state index < -0.39 is 31.0 Å². The number of carbonyl (C=O) groups is 3. The van der Waals surface area contributed by atoms with Crippen molar-refractivity contribution in [1.29, 1.82) is 0 Å². The van der Waals surface area contributed by atoms with Gasteiger partial charge >= 0.3 is 25.2 Å². The number of hydrogen-bond acceptors (Lipinski definition) is 8. The van der Waals surface area contributed by atoms with E-state index in [1.54, 1.807) is 4.90 Å². The Labute approximate surface area is 201 Å². The monoisotopic (exact) mass is 482 g/mol. The zero-order chi connectivity index (χ0) is 24.9. The van der Waals surface area contributed by atoms with E-state index in [1.165, 1.54) is 0 Å². The van der Waals surface area contributed by atoms with Crippen LogP contribution >= 0.6 is 0 Å². The number of carboxylic acids is 1. The lowest BCUT2D eigenvalue weighted by molar-refractivity contribution is -0.182. The Balaban J connectivity index is 1.60. The van der Waals surface area contributed by atoms with Gasteiger partial charge in [0.2, 0.25) is 0 Å². The first kappa shape index (κ1) is 26.8. The average molecular weight is 482 g/mol. The Morgan fingerprint density at radius 2 is 1.79 bits per heavy atom. The molecule has 3 aliphatic rings. The van der Waals surface area contributed by atoms with Crippen molar-refractivity contribution in [1.82, 2.24) is 10.2 Å². The molecule has 2 aliphatic heterocycles. The van der Waals surface area contributed by atoms with E-state index in [9.17, 15) is 19.5 Å². The smallest absolute Gasteiger partial charge is 0.451 e. The van der Waals surface area contributed by atoms with Crippen LogP contribution in [0.25, 0.3) is 0 Å². The van der Waals surface area contributed by atoms with E-state index in [4.69, 9.17) is 19.5 Å². The molecule has 4 atom stereocenters. The van der Waals surface area contributed by atoms with Gasteiger partial charge in [-0.3, -0.25) is 14.9 Å². The summed E-state index contributed by atoms with van der Waals surface area (Å²) < 4.78 is 11.2. The van der Waals surface area contributed by atoms with Gasteiger partial charge in [-0.1, -0.05) is 46.0 Å². The van der Waals surface area contributed by atoms with Crippen LogP contribution < -0.4 is 5.32 Å². The number of aliphatic carboxylic acids is 1. The van der Waals surface area contributed by atoms with Crippen molar-refractivity contribution < 1.29 is 39.0 Å². The van der Waals surface area contributed by atoms with Gasteiger partial charge in [-0.15, -0.1) is 0 Å². The maximum absolute atomic E-state index is 13.1. The first-order valence-corrected chi connectivity index (χ1v) is 12.7. The zero-order valence-corrected chi connectivity index (χ0v) is 20.3. The lowest BCUT2D eigenvalue weighted by Gasteiger charge is -2.31. The summed E-state index contributed by atoms with van der Waals surface area (Å²) in [6, 6.07) is -0.325. The van der Waals surface area contributed by atoms with Gasteiger partial charge in [-0.2, -0.15) is 0 Å². The summed E-state index contributed by atoms with van der Waals surface area (Å²) >= 11 is 0. The van der Waals surface area contributed by atoms with Gasteiger partial charge in [-0.25, -0.2) is 4.79 Å². The van der Waals surface area contributed by atoms with Crippen molar-refractivity contribution in [3.05, 3.63) is 0 Å². The molecule has 3 rings (SSSR count). The van der Waals surface area contributed by atoms with Crippen molar-refractivity contribution >= 4 is 25.2 Å². The lowest BCUT2D eigenvalue weighted by atomic mass is 9.77. The van der Waals surface area contributed by atoms with Gasteiger partial charge in [0.25, 0.3) is 6.29 Å². The highest BCUT2D eigenvalue weighted by Crippen LogP contribution is 2.41. The third-order valence-electron chi connectivity index (χ3n) is 7.64. The molecule has 0 bridgehead atoms. The van der Waals surface area contributed by atoms with Gasteiger partial charge in [0.15, 0.2) is 0 Å². The largest absolute Gasteiger partial charge is 0.480 e. The molecule has 0 spiro atoms. The molecule has 11 heteroatoms. The maximum atomic E-state index is 13.1. The Hall–Kier alpha value is -1.85. The molecule has 0 aromatic carbocycles. The molecule has 0 aromatic heterocycles. The number of esters is 1. The Kier molecular flexibility index (Phi) is 9.23. The Morgan fingerprint density at radius 1 is 1.09 bits per heavy atom. The predicted octanol–water partition coefficient (Wildman–Crippen LogP) is 1.99. The number of ether oxygens (including phenoxy) is 2. The van der Waals surface area contributed by atoms with Crippen LogP contribution in [-0.4, -0.2) is 76.2 Å². The second-order valence-electron chi connectivity index (χ2n) is 10.3. The molecule has 34 heavy (non-hydrogen) atoms. The number of nitrogens with one attached hydrogen (secondary N) is 1. The van der Waals surface area contributed by atoms with Crippen LogP contribution in [0.15, 0.2) is 0 Å².